The summed E-state index contributed by atoms with van der Waals surface area (Å²) < 4.78 is 24.8. The van der Waals surface area contributed by atoms with Gasteiger partial charge in [0.15, 0.2) is 0 Å². The van der Waals surface area contributed by atoms with Crippen LogP contribution in [0.5, 0.6) is 0 Å². The van der Waals surface area contributed by atoms with E-state index in [2.05, 4.69) is 10.3 Å². The zero-order chi connectivity index (χ0) is 15.9. The van der Waals surface area contributed by atoms with Crippen molar-refractivity contribution in [2.75, 3.05) is 25.9 Å². The molecule has 21 heavy (non-hydrogen) atoms. The highest BCUT2D eigenvalue weighted by atomic mass is 32.2. The van der Waals surface area contributed by atoms with Crippen LogP contribution in [0.3, 0.4) is 0 Å². The van der Waals surface area contributed by atoms with E-state index in [0.717, 1.165) is 6.42 Å². The van der Waals surface area contributed by atoms with Crippen LogP contribution in [0, 0.1) is 5.92 Å². The largest absolute Gasteiger partial charge is 0.351 e. The van der Waals surface area contributed by atoms with E-state index in [1.165, 1.54) is 16.8 Å². The summed E-state index contributed by atoms with van der Waals surface area (Å²) in [6.45, 7) is 5.12. The molecular weight excluding hydrogens is 290 g/mol. The fourth-order valence-electron chi connectivity index (χ4n) is 1.74. The number of nitrogens with one attached hydrogen (secondary N) is 1. The van der Waals surface area contributed by atoms with Crippen LogP contribution in [0.25, 0.3) is 0 Å². The summed E-state index contributed by atoms with van der Waals surface area (Å²) >= 11 is 0. The van der Waals surface area contributed by atoms with E-state index in [-0.39, 0.29) is 19.0 Å². The number of sulfonamides is 1. The van der Waals surface area contributed by atoms with Gasteiger partial charge in [0.1, 0.15) is 0 Å². The number of hydrogen-bond acceptors (Lipinski definition) is 4. The van der Waals surface area contributed by atoms with Crippen molar-refractivity contribution in [1.29, 1.82) is 0 Å². The molecule has 0 aliphatic heterocycles. The van der Waals surface area contributed by atoms with E-state index in [1.54, 1.807) is 18.3 Å². The minimum atomic E-state index is -3.25. The predicted molar refractivity (Wildman–Crippen MR) is 82.4 cm³/mol. The molecule has 1 N–H and O–H groups in total. The van der Waals surface area contributed by atoms with E-state index in [4.69, 9.17) is 0 Å². The summed E-state index contributed by atoms with van der Waals surface area (Å²) in [5.74, 6) is 0.180. The second-order valence-corrected chi connectivity index (χ2v) is 7.32. The lowest BCUT2D eigenvalue weighted by Gasteiger charge is -2.21. The summed E-state index contributed by atoms with van der Waals surface area (Å²) in [7, 11) is -3.25. The fraction of sp³-hybridized carbons (Fsp3) is 0.571. The Morgan fingerprint density at radius 2 is 2.10 bits per heavy atom. The number of pyridine rings is 1. The normalized spacial score (nSPS) is 11.9. The van der Waals surface area contributed by atoms with Gasteiger partial charge in [0.25, 0.3) is 5.91 Å². The van der Waals surface area contributed by atoms with Crippen molar-refractivity contribution in [3.05, 3.63) is 30.1 Å². The van der Waals surface area contributed by atoms with Crippen LogP contribution in [0.1, 0.15) is 30.6 Å². The van der Waals surface area contributed by atoms with E-state index >= 15 is 0 Å². The van der Waals surface area contributed by atoms with Gasteiger partial charge in [-0.15, -0.1) is 0 Å². The van der Waals surface area contributed by atoms with Crippen molar-refractivity contribution in [3.8, 4) is 0 Å². The summed E-state index contributed by atoms with van der Waals surface area (Å²) in [5.41, 5.74) is 0.464. The molecule has 0 radical (unpaired) electrons. The smallest absolute Gasteiger partial charge is 0.252 e. The summed E-state index contributed by atoms with van der Waals surface area (Å²) in [6.07, 6.45) is 5.05. The Balaban J connectivity index is 2.48. The van der Waals surface area contributed by atoms with Crippen LogP contribution in [0.2, 0.25) is 0 Å². The molecule has 6 nitrogen and oxygen atoms in total. The third-order valence-corrected chi connectivity index (χ3v) is 4.30. The maximum absolute atomic E-state index is 11.8. The number of rotatable bonds is 8. The first-order chi connectivity index (χ1) is 9.80. The maximum atomic E-state index is 11.8. The molecule has 0 spiro atoms. The third-order valence-electron chi connectivity index (χ3n) is 3.00. The van der Waals surface area contributed by atoms with Crippen LogP contribution in [-0.4, -0.2) is 49.5 Å². The van der Waals surface area contributed by atoms with Crippen molar-refractivity contribution in [1.82, 2.24) is 14.6 Å². The minimum absolute atomic E-state index is 0.250. The monoisotopic (exact) mass is 313 g/mol. The van der Waals surface area contributed by atoms with Gasteiger partial charge in [0, 0.05) is 32.0 Å². The van der Waals surface area contributed by atoms with Crippen LogP contribution in [0.15, 0.2) is 24.5 Å². The summed E-state index contributed by atoms with van der Waals surface area (Å²) in [6, 6.07) is 3.34. The Kier molecular flexibility index (Phi) is 6.77. The zero-order valence-corrected chi connectivity index (χ0v) is 13.6. The van der Waals surface area contributed by atoms with Crippen molar-refractivity contribution in [3.63, 3.8) is 0 Å². The highest BCUT2D eigenvalue weighted by Crippen LogP contribution is 2.05. The van der Waals surface area contributed by atoms with Crippen LogP contribution >= 0.6 is 0 Å². The Labute approximate surface area is 126 Å². The van der Waals surface area contributed by atoms with Crippen LogP contribution < -0.4 is 5.32 Å². The average Bonchev–Trinajstić information content (AvgIpc) is 2.41. The predicted octanol–water partition coefficient (Wildman–Crippen LogP) is 1.12. The lowest BCUT2D eigenvalue weighted by molar-refractivity contribution is 0.0951. The highest BCUT2D eigenvalue weighted by Gasteiger charge is 2.16. The summed E-state index contributed by atoms with van der Waals surface area (Å²) in [4.78, 5) is 15.7. The molecule has 1 aromatic heterocycles. The van der Waals surface area contributed by atoms with Gasteiger partial charge in [0.05, 0.1) is 11.8 Å². The Hall–Kier alpha value is -1.47. The molecule has 1 amide bonds. The van der Waals surface area contributed by atoms with Gasteiger partial charge < -0.3 is 5.32 Å². The van der Waals surface area contributed by atoms with Gasteiger partial charge in [-0.3, -0.25) is 9.78 Å². The number of aromatic nitrogens is 1. The number of carbonyl (C=O) groups is 1. The van der Waals surface area contributed by atoms with Gasteiger partial charge in [-0.25, -0.2) is 12.7 Å². The molecular formula is C14H23N3O3S. The van der Waals surface area contributed by atoms with Gasteiger partial charge in [-0.1, -0.05) is 13.8 Å². The average molecular weight is 313 g/mol. The highest BCUT2D eigenvalue weighted by molar-refractivity contribution is 7.88. The van der Waals surface area contributed by atoms with Crippen molar-refractivity contribution < 1.29 is 13.2 Å². The molecule has 0 aliphatic rings. The van der Waals surface area contributed by atoms with E-state index in [0.29, 0.717) is 18.0 Å². The molecule has 0 aromatic carbocycles. The molecule has 1 rings (SSSR count). The first kappa shape index (κ1) is 17.6. The first-order valence-electron chi connectivity index (χ1n) is 6.94. The molecule has 0 saturated heterocycles. The number of hydrogen-bond donors (Lipinski definition) is 1. The number of amides is 1. The van der Waals surface area contributed by atoms with E-state index < -0.39 is 10.0 Å². The molecule has 7 heteroatoms. The van der Waals surface area contributed by atoms with Crippen molar-refractivity contribution in [2.24, 2.45) is 5.92 Å². The minimum Gasteiger partial charge on any atom is -0.351 e. The molecule has 0 atom stereocenters. The zero-order valence-electron chi connectivity index (χ0n) is 12.7. The van der Waals surface area contributed by atoms with Gasteiger partial charge >= 0.3 is 0 Å². The Bertz CT molecular complexity index is 544. The number of nitrogens with zero attached hydrogens (tertiary/aromatic N) is 2. The molecule has 0 bridgehead atoms. The molecule has 1 aromatic rings. The second kappa shape index (κ2) is 8.09. The molecule has 0 aliphatic carbocycles. The van der Waals surface area contributed by atoms with Crippen molar-refractivity contribution >= 4 is 15.9 Å². The van der Waals surface area contributed by atoms with Crippen LogP contribution in [0.4, 0.5) is 0 Å². The van der Waals surface area contributed by atoms with Gasteiger partial charge in [-0.05, 0) is 24.5 Å². The molecule has 0 unspecified atom stereocenters. The van der Waals surface area contributed by atoms with E-state index in [1.807, 2.05) is 13.8 Å². The standard InChI is InChI=1S/C14H23N3O3S/c1-12(2)6-9-17(21(3,19)20)10-8-16-14(18)13-5-4-7-15-11-13/h4-5,7,11-12H,6,8-10H2,1-3H3,(H,16,18). The van der Waals surface area contributed by atoms with Crippen LogP contribution in [-0.2, 0) is 10.0 Å². The van der Waals surface area contributed by atoms with Crippen molar-refractivity contribution in [2.45, 2.75) is 20.3 Å². The Morgan fingerprint density at radius 3 is 2.62 bits per heavy atom. The van der Waals surface area contributed by atoms with E-state index in [9.17, 15) is 13.2 Å². The second-order valence-electron chi connectivity index (χ2n) is 5.34. The maximum Gasteiger partial charge on any atom is 0.252 e. The van der Waals surface area contributed by atoms with Gasteiger partial charge in [-0.2, -0.15) is 0 Å². The lowest BCUT2D eigenvalue weighted by Crippen LogP contribution is -2.38. The summed E-state index contributed by atoms with van der Waals surface area (Å²) in [5, 5.41) is 2.70. The number of carbonyl (C=O) groups excluding carboxylic acids is 1. The third kappa shape index (κ3) is 6.68. The SMILES string of the molecule is CC(C)CCN(CCNC(=O)c1cccnc1)S(C)(=O)=O. The lowest BCUT2D eigenvalue weighted by atomic mass is 10.1. The fourth-order valence-corrected chi connectivity index (χ4v) is 2.60. The molecule has 0 fully saturated rings. The molecule has 0 saturated carbocycles. The Morgan fingerprint density at radius 1 is 1.38 bits per heavy atom. The quantitative estimate of drug-likeness (QED) is 0.780. The first-order valence-corrected chi connectivity index (χ1v) is 8.79. The molecule has 1 heterocycles. The molecule has 118 valence electrons. The van der Waals surface area contributed by atoms with Gasteiger partial charge in [0.2, 0.25) is 10.0 Å². The topological polar surface area (TPSA) is 79.4 Å².